The fourth-order valence-corrected chi connectivity index (χ4v) is 5.57. The molecule has 8 nitrogen and oxygen atoms in total. The van der Waals surface area contributed by atoms with Crippen LogP contribution in [0.3, 0.4) is 0 Å². The summed E-state index contributed by atoms with van der Waals surface area (Å²) in [6.07, 6.45) is -5.41. The molecule has 0 bridgehead atoms. The Kier molecular flexibility index (Phi) is 7.49. The Morgan fingerprint density at radius 2 is 1.85 bits per heavy atom. The lowest BCUT2D eigenvalue weighted by molar-refractivity contribution is -0.198. The van der Waals surface area contributed by atoms with E-state index in [1.807, 2.05) is 4.90 Å². The molecular formula is C27H26ClF4N5O3. The van der Waals surface area contributed by atoms with Crippen molar-refractivity contribution in [2.24, 2.45) is 5.41 Å². The first-order valence-corrected chi connectivity index (χ1v) is 12.9. The van der Waals surface area contributed by atoms with E-state index in [9.17, 15) is 27.5 Å². The molecule has 1 aromatic heterocycles. The Balaban J connectivity index is 1.41. The van der Waals surface area contributed by atoms with Crippen LogP contribution >= 0.6 is 11.6 Å². The van der Waals surface area contributed by atoms with Gasteiger partial charge in [-0.3, -0.25) is 4.79 Å². The van der Waals surface area contributed by atoms with Crippen molar-refractivity contribution in [1.82, 2.24) is 15.3 Å². The van der Waals surface area contributed by atoms with E-state index < -0.39 is 30.1 Å². The number of alkyl halides is 3. The number of aromatic nitrogens is 2. The summed E-state index contributed by atoms with van der Waals surface area (Å²) in [4.78, 5) is 21.4. The normalized spacial score (nSPS) is 19.5. The van der Waals surface area contributed by atoms with E-state index in [0.717, 1.165) is 12.1 Å². The molecule has 40 heavy (non-hydrogen) atoms. The molecule has 0 saturated carbocycles. The molecule has 0 amide bonds. The Morgan fingerprint density at radius 1 is 1.15 bits per heavy atom. The van der Waals surface area contributed by atoms with Crippen molar-refractivity contribution in [1.29, 1.82) is 0 Å². The highest BCUT2D eigenvalue weighted by Crippen LogP contribution is 2.43. The van der Waals surface area contributed by atoms with Gasteiger partial charge in [-0.15, -0.1) is 0 Å². The van der Waals surface area contributed by atoms with Crippen LogP contribution in [-0.4, -0.2) is 52.9 Å². The summed E-state index contributed by atoms with van der Waals surface area (Å²) in [6, 6.07) is 9.64. The highest BCUT2D eigenvalue weighted by Gasteiger charge is 2.46. The highest BCUT2D eigenvalue weighted by atomic mass is 35.5. The number of ether oxygens (including phenoxy) is 1. The maximum Gasteiger partial charge on any atom is 0.429 e. The number of nitrogen functional groups attached to an aromatic ring is 1. The second kappa shape index (κ2) is 10.7. The summed E-state index contributed by atoms with van der Waals surface area (Å²) in [5.41, 5.74) is 5.93. The fraction of sp³-hybridized carbons (Fsp3) is 0.370. The van der Waals surface area contributed by atoms with Gasteiger partial charge in [0.25, 0.3) is 0 Å². The van der Waals surface area contributed by atoms with Gasteiger partial charge in [-0.05, 0) is 60.1 Å². The van der Waals surface area contributed by atoms with E-state index in [1.165, 1.54) is 36.4 Å². The van der Waals surface area contributed by atoms with Gasteiger partial charge in [-0.25, -0.2) is 4.39 Å². The van der Waals surface area contributed by atoms with Crippen molar-refractivity contribution in [3.05, 3.63) is 64.9 Å². The average molecular weight is 580 g/mol. The van der Waals surface area contributed by atoms with Crippen LogP contribution in [0.25, 0.3) is 11.1 Å². The first kappa shape index (κ1) is 27.9. The van der Waals surface area contributed by atoms with Crippen LogP contribution < -0.4 is 20.7 Å². The minimum Gasteiger partial charge on any atom is -0.480 e. The molecule has 3 aromatic rings. The SMILES string of the molecule is Nc1nc(OC(c2ccc(Cl)cc2-c2ccc(F)cc2)C(F)(F)F)cc(N2CCC3(CC2)CN[C@H](C(=O)O)C3)n1. The van der Waals surface area contributed by atoms with E-state index in [4.69, 9.17) is 22.1 Å². The summed E-state index contributed by atoms with van der Waals surface area (Å²) in [6.45, 7) is 1.61. The van der Waals surface area contributed by atoms with Crippen molar-refractivity contribution in [2.45, 2.75) is 37.6 Å². The lowest BCUT2D eigenvalue weighted by Crippen LogP contribution is -2.41. The molecule has 0 radical (unpaired) electrons. The van der Waals surface area contributed by atoms with Crippen molar-refractivity contribution >= 4 is 29.3 Å². The predicted octanol–water partition coefficient (Wildman–Crippen LogP) is 5.23. The van der Waals surface area contributed by atoms with Gasteiger partial charge in [0.1, 0.15) is 17.7 Å². The lowest BCUT2D eigenvalue weighted by Gasteiger charge is -2.39. The number of nitrogens with one attached hydrogen (secondary N) is 1. The van der Waals surface area contributed by atoms with E-state index in [-0.39, 0.29) is 33.4 Å². The number of hydrogen-bond acceptors (Lipinski definition) is 7. The molecule has 0 aliphatic carbocycles. The molecule has 1 spiro atoms. The second-order valence-corrected chi connectivity index (χ2v) is 10.6. The number of benzene rings is 2. The Labute approximate surface area is 232 Å². The zero-order chi connectivity index (χ0) is 28.7. The van der Waals surface area contributed by atoms with Gasteiger partial charge in [0.05, 0.1) is 0 Å². The maximum absolute atomic E-state index is 14.4. The molecule has 2 aromatic carbocycles. The smallest absolute Gasteiger partial charge is 0.429 e. The number of carboxylic acids is 1. The summed E-state index contributed by atoms with van der Waals surface area (Å²) in [5, 5.41) is 12.6. The number of aliphatic carboxylic acids is 1. The number of nitrogens with zero attached hydrogens (tertiary/aromatic N) is 3. The summed E-state index contributed by atoms with van der Waals surface area (Å²) in [5.74, 6) is -1.72. The topological polar surface area (TPSA) is 114 Å². The third-order valence-corrected chi connectivity index (χ3v) is 7.74. The number of nitrogens with two attached hydrogens (primary N) is 1. The van der Waals surface area contributed by atoms with E-state index in [0.29, 0.717) is 50.3 Å². The number of rotatable bonds is 6. The summed E-state index contributed by atoms with van der Waals surface area (Å²) in [7, 11) is 0. The van der Waals surface area contributed by atoms with Crippen LogP contribution in [-0.2, 0) is 4.79 Å². The summed E-state index contributed by atoms with van der Waals surface area (Å²) >= 11 is 6.10. The molecule has 2 aliphatic rings. The highest BCUT2D eigenvalue weighted by molar-refractivity contribution is 6.30. The molecule has 4 N–H and O–H groups in total. The van der Waals surface area contributed by atoms with Crippen LogP contribution in [0, 0.1) is 11.2 Å². The van der Waals surface area contributed by atoms with Gasteiger partial charge < -0.3 is 25.8 Å². The van der Waals surface area contributed by atoms with Crippen LogP contribution in [0.5, 0.6) is 5.88 Å². The molecule has 5 rings (SSSR count). The minimum absolute atomic E-state index is 0.128. The number of halogens is 5. The zero-order valence-corrected chi connectivity index (χ0v) is 21.8. The largest absolute Gasteiger partial charge is 0.480 e. The minimum atomic E-state index is -4.85. The molecule has 13 heteroatoms. The molecular weight excluding hydrogens is 554 g/mol. The molecule has 3 heterocycles. The Bertz CT molecular complexity index is 1400. The molecule has 2 saturated heterocycles. The molecule has 1 unspecified atom stereocenters. The fourth-order valence-electron chi connectivity index (χ4n) is 5.40. The van der Waals surface area contributed by atoms with Gasteiger partial charge in [-0.1, -0.05) is 29.8 Å². The Morgan fingerprint density at radius 3 is 2.48 bits per heavy atom. The number of piperidine rings is 1. The van der Waals surface area contributed by atoms with Gasteiger partial charge in [0.2, 0.25) is 17.9 Å². The number of carbonyl (C=O) groups is 1. The van der Waals surface area contributed by atoms with Crippen molar-refractivity contribution < 1.29 is 32.2 Å². The van der Waals surface area contributed by atoms with Crippen molar-refractivity contribution in [2.75, 3.05) is 30.3 Å². The van der Waals surface area contributed by atoms with Crippen LogP contribution in [0.2, 0.25) is 5.02 Å². The average Bonchev–Trinajstić information content (AvgIpc) is 3.31. The summed E-state index contributed by atoms with van der Waals surface area (Å²) < 4.78 is 62.2. The van der Waals surface area contributed by atoms with Crippen LogP contribution in [0.1, 0.15) is 30.9 Å². The first-order chi connectivity index (χ1) is 18.9. The van der Waals surface area contributed by atoms with Gasteiger partial charge in [0.15, 0.2) is 0 Å². The second-order valence-electron chi connectivity index (χ2n) is 10.2. The van der Waals surface area contributed by atoms with E-state index in [1.54, 1.807) is 0 Å². The zero-order valence-electron chi connectivity index (χ0n) is 21.1. The third-order valence-electron chi connectivity index (χ3n) is 7.50. The third kappa shape index (κ3) is 5.92. The monoisotopic (exact) mass is 579 g/mol. The van der Waals surface area contributed by atoms with Crippen molar-refractivity contribution in [3.8, 4) is 17.0 Å². The molecule has 2 aliphatic heterocycles. The number of anilines is 2. The lowest BCUT2D eigenvalue weighted by atomic mass is 9.76. The first-order valence-electron chi connectivity index (χ1n) is 12.6. The van der Waals surface area contributed by atoms with Crippen LogP contribution in [0.4, 0.5) is 29.3 Å². The molecule has 212 valence electrons. The molecule has 2 fully saturated rings. The van der Waals surface area contributed by atoms with Gasteiger partial charge in [-0.2, -0.15) is 23.1 Å². The van der Waals surface area contributed by atoms with Crippen molar-refractivity contribution in [3.63, 3.8) is 0 Å². The van der Waals surface area contributed by atoms with E-state index >= 15 is 0 Å². The quantitative estimate of drug-likeness (QED) is 0.340. The Hall–Kier alpha value is -3.64. The standard InChI is InChI=1S/C27H26ClF4N5O3/c28-16-3-6-18(19(11-16)15-1-4-17(29)5-2-15)23(27(30,31)32)40-22-12-21(35-25(33)36-22)37-9-7-26(8-10-37)13-20(24(38)39)34-14-26/h1-6,11-12,20,23,34H,7-10,13-14H2,(H,38,39)(H2,33,35,36)/t20-,23?/m0/s1. The maximum atomic E-state index is 14.4. The molecule has 2 atom stereocenters. The van der Waals surface area contributed by atoms with Crippen LogP contribution in [0.15, 0.2) is 48.5 Å². The predicted molar refractivity (Wildman–Crippen MR) is 141 cm³/mol. The number of carboxylic acid groups (broad SMARTS) is 1. The van der Waals surface area contributed by atoms with E-state index in [2.05, 4.69) is 15.3 Å². The van der Waals surface area contributed by atoms with Gasteiger partial charge in [0, 0.05) is 36.3 Å². The number of hydrogen-bond donors (Lipinski definition) is 3. The van der Waals surface area contributed by atoms with Gasteiger partial charge >= 0.3 is 12.1 Å².